The van der Waals surface area contributed by atoms with Crippen LogP contribution in [0, 0.1) is 6.92 Å². The molecule has 8 nitrogen and oxygen atoms in total. The molecule has 0 radical (unpaired) electrons. The Morgan fingerprint density at radius 1 is 1.10 bits per heavy atom. The first kappa shape index (κ1) is 21.6. The molecule has 0 saturated carbocycles. The maximum atomic E-state index is 12.9. The van der Waals surface area contributed by atoms with Crippen LogP contribution in [0.3, 0.4) is 0 Å². The van der Waals surface area contributed by atoms with Gasteiger partial charge in [-0.15, -0.1) is 0 Å². The van der Waals surface area contributed by atoms with E-state index in [1.54, 1.807) is 0 Å². The van der Waals surface area contributed by atoms with Gasteiger partial charge < -0.3 is 28.9 Å². The first-order valence-corrected chi connectivity index (χ1v) is 11.5. The van der Waals surface area contributed by atoms with Crippen LogP contribution in [0.1, 0.15) is 18.4 Å². The summed E-state index contributed by atoms with van der Waals surface area (Å²) in [4.78, 5) is 20.1. The molecule has 8 heteroatoms. The topological polar surface area (TPSA) is 67.7 Å². The van der Waals surface area contributed by atoms with Gasteiger partial charge in [0.1, 0.15) is 23.7 Å². The van der Waals surface area contributed by atoms with E-state index in [0.29, 0.717) is 13.2 Å². The number of nitrogens with zero attached hydrogens (tertiary/aromatic N) is 3. The van der Waals surface area contributed by atoms with Gasteiger partial charge in [-0.1, -0.05) is 17.3 Å². The number of aromatic nitrogens is 1. The van der Waals surface area contributed by atoms with E-state index in [2.05, 4.69) is 22.2 Å². The Bertz CT molecular complexity index is 854. The second kappa shape index (κ2) is 10.2. The molecule has 2 aliphatic heterocycles. The zero-order valence-corrected chi connectivity index (χ0v) is 18.7. The SMILES string of the molecule is CCOc1ccccc1N1CC[NH+](CC(=O)N2CC[NH+](Cc3cc(C)on3)CC2)CC1. The standard InChI is InChI=1S/C23H33N5O3/c1-3-30-22-7-5-4-6-21(22)27-12-8-26(9-13-27)18-23(29)28-14-10-25(11-15-28)17-20-16-19(2)31-24-20/h4-7,16H,3,8-15,17-18H2,1-2H3/p+2. The summed E-state index contributed by atoms with van der Waals surface area (Å²) < 4.78 is 11.0. The maximum Gasteiger partial charge on any atom is 0.278 e. The molecule has 4 rings (SSSR count). The van der Waals surface area contributed by atoms with Gasteiger partial charge in [0.15, 0.2) is 6.54 Å². The van der Waals surface area contributed by atoms with Crippen molar-refractivity contribution in [2.45, 2.75) is 20.4 Å². The molecule has 2 saturated heterocycles. The molecule has 3 heterocycles. The number of ether oxygens (including phenoxy) is 1. The van der Waals surface area contributed by atoms with Crippen LogP contribution >= 0.6 is 0 Å². The number of anilines is 1. The number of hydrogen-bond donors (Lipinski definition) is 2. The smallest absolute Gasteiger partial charge is 0.278 e. The third-order valence-electron chi connectivity index (χ3n) is 6.31. The number of carbonyl (C=O) groups is 1. The molecule has 1 aromatic carbocycles. The fourth-order valence-electron chi connectivity index (χ4n) is 4.57. The Kier molecular flexibility index (Phi) is 7.09. The summed E-state index contributed by atoms with van der Waals surface area (Å²) in [6.07, 6.45) is 0. The van der Waals surface area contributed by atoms with Crippen molar-refractivity contribution < 1.29 is 23.9 Å². The van der Waals surface area contributed by atoms with E-state index in [-0.39, 0.29) is 5.91 Å². The summed E-state index contributed by atoms with van der Waals surface area (Å²) >= 11 is 0. The molecule has 2 fully saturated rings. The Balaban J connectivity index is 1.21. The fourth-order valence-corrected chi connectivity index (χ4v) is 4.57. The van der Waals surface area contributed by atoms with Crippen LogP contribution in [0.15, 0.2) is 34.9 Å². The molecular weight excluding hydrogens is 394 g/mol. The monoisotopic (exact) mass is 429 g/mol. The van der Waals surface area contributed by atoms with E-state index in [0.717, 1.165) is 81.8 Å². The third kappa shape index (κ3) is 5.57. The maximum absolute atomic E-state index is 12.9. The van der Waals surface area contributed by atoms with Crippen molar-refractivity contribution in [3.63, 3.8) is 0 Å². The number of aryl methyl sites for hydroxylation is 1. The zero-order valence-electron chi connectivity index (χ0n) is 18.7. The Morgan fingerprint density at radius 3 is 2.48 bits per heavy atom. The van der Waals surface area contributed by atoms with E-state index in [9.17, 15) is 4.79 Å². The van der Waals surface area contributed by atoms with Crippen molar-refractivity contribution in [1.82, 2.24) is 10.1 Å². The molecule has 0 atom stereocenters. The lowest BCUT2D eigenvalue weighted by molar-refractivity contribution is -0.918. The van der Waals surface area contributed by atoms with Crippen LogP contribution in [0.5, 0.6) is 5.75 Å². The molecule has 0 aliphatic carbocycles. The largest absolute Gasteiger partial charge is 0.492 e. The predicted octanol–water partition coefficient (Wildman–Crippen LogP) is -0.986. The minimum absolute atomic E-state index is 0.287. The second-order valence-corrected chi connectivity index (χ2v) is 8.55. The molecule has 0 bridgehead atoms. The third-order valence-corrected chi connectivity index (χ3v) is 6.31. The number of quaternary nitrogens is 2. The highest BCUT2D eigenvalue weighted by Crippen LogP contribution is 2.27. The van der Waals surface area contributed by atoms with Gasteiger partial charge in [-0.05, 0) is 26.0 Å². The molecule has 2 N–H and O–H groups in total. The molecule has 1 amide bonds. The molecular formula is C23H35N5O3+2. The van der Waals surface area contributed by atoms with Gasteiger partial charge in [0.2, 0.25) is 0 Å². The normalized spacial score (nSPS) is 18.4. The number of benzene rings is 1. The van der Waals surface area contributed by atoms with Crippen molar-refractivity contribution in [1.29, 1.82) is 0 Å². The van der Waals surface area contributed by atoms with Gasteiger partial charge in [0, 0.05) is 6.07 Å². The Labute approximate surface area is 184 Å². The van der Waals surface area contributed by atoms with Gasteiger partial charge in [-0.25, -0.2) is 0 Å². The molecule has 2 aromatic rings. The Morgan fingerprint density at radius 2 is 1.81 bits per heavy atom. The number of rotatable bonds is 7. The fraction of sp³-hybridized carbons (Fsp3) is 0.565. The van der Waals surface area contributed by atoms with Gasteiger partial charge in [0.25, 0.3) is 5.91 Å². The van der Waals surface area contributed by atoms with Crippen LogP contribution in [0.25, 0.3) is 0 Å². The predicted molar refractivity (Wildman–Crippen MR) is 118 cm³/mol. The minimum Gasteiger partial charge on any atom is -0.492 e. The van der Waals surface area contributed by atoms with Gasteiger partial charge >= 0.3 is 0 Å². The van der Waals surface area contributed by atoms with Gasteiger partial charge in [-0.2, -0.15) is 0 Å². The minimum atomic E-state index is 0.287. The highest BCUT2D eigenvalue weighted by molar-refractivity contribution is 5.77. The van der Waals surface area contributed by atoms with Crippen LogP contribution in [-0.4, -0.2) is 81.5 Å². The summed E-state index contributed by atoms with van der Waals surface area (Å²) in [7, 11) is 0. The van der Waals surface area contributed by atoms with E-state index < -0.39 is 0 Å². The number of para-hydroxylation sites is 2. The molecule has 1 aromatic heterocycles. The van der Waals surface area contributed by atoms with Crippen molar-refractivity contribution in [2.24, 2.45) is 0 Å². The summed E-state index contributed by atoms with van der Waals surface area (Å²) in [5.41, 5.74) is 2.16. The van der Waals surface area contributed by atoms with E-state index in [1.807, 2.05) is 36.9 Å². The summed E-state index contributed by atoms with van der Waals surface area (Å²) in [6, 6.07) is 10.2. The molecule has 0 unspecified atom stereocenters. The van der Waals surface area contributed by atoms with Crippen LogP contribution in [0.4, 0.5) is 5.69 Å². The lowest BCUT2D eigenvalue weighted by Crippen LogP contribution is -3.16. The number of hydrogen-bond acceptors (Lipinski definition) is 5. The van der Waals surface area contributed by atoms with Crippen LogP contribution in [0.2, 0.25) is 0 Å². The summed E-state index contributed by atoms with van der Waals surface area (Å²) in [6.45, 7) is 13.5. The first-order valence-electron chi connectivity index (χ1n) is 11.5. The second-order valence-electron chi connectivity index (χ2n) is 8.55. The van der Waals surface area contributed by atoms with Crippen LogP contribution in [-0.2, 0) is 11.3 Å². The number of nitrogens with one attached hydrogen (secondary N) is 2. The van der Waals surface area contributed by atoms with Gasteiger partial charge in [-0.3, -0.25) is 4.79 Å². The molecule has 2 aliphatic rings. The lowest BCUT2D eigenvalue weighted by Gasteiger charge is -2.36. The number of carbonyl (C=O) groups excluding carboxylic acids is 1. The average Bonchev–Trinajstić information content (AvgIpc) is 3.20. The number of piperazine rings is 2. The zero-order chi connectivity index (χ0) is 21.6. The quantitative estimate of drug-likeness (QED) is 0.592. The first-order chi connectivity index (χ1) is 15.1. The van der Waals surface area contributed by atoms with Crippen molar-refractivity contribution >= 4 is 11.6 Å². The van der Waals surface area contributed by atoms with Crippen molar-refractivity contribution in [3.05, 3.63) is 41.8 Å². The lowest BCUT2D eigenvalue weighted by atomic mass is 10.2. The van der Waals surface area contributed by atoms with E-state index in [1.165, 1.54) is 9.80 Å². The molecule has 168 valence electrons. The van der Waals surface area contributed by atoms with Crippen molar-refractivity contribution in [2.75, 3.05) is 70.4 Å². The van der Waals surface area contributed by atoms with Gasteiger partial charge in [0.05, 0.1) is 64.7 Å². The highest BCUT2D eigenvalue weighted by Gasteiger charge is 2.29. The molecule has 31 heavy (non-hydrogen) atoms. The Hall–Kier alpha value is -2.58. The van der Waals surface area contributed by atoms with Crippen LogP contribution < -0.4 is 19.4 Å². The number of amides is 1. The summed E-state index contributed by atoms with van der Waals surface area (Å²) in [5.74, 6) is 2.09. The highest BCUT2D eigenvalue weighted by atomic mass is 16.5. The van der Waals surface area contributed by atoms with Crippen molar-refractivity contribution in [3.8, 4) is 5.75 Å². The molecule has 0 spiro atoms. The van der Waals surface area contributed by atoms with E-state index in [4.69, 9.17) is 9.26 Å². The van der Waals surface area contributed by atoms with E-state index >= 15 is 0 Å². The summed E-state index contributed by atoms with van der Waals surface area (Å²) in [5, 5.41) is 4.09. The average molecular weight is 430 g/mol.